The SMILES string of the molecule is CCCCN1C(=O)C(=C2C=C(c3ccccc3)c3cc4c5c(c3O2)CCN5CC4)C(=O)N(CCCC)C1=S. The van der Waals surface area contributed by atoms with Crippen LogP contribution in [-0.4, -0.2) is 52.9 Å². The monoisotopic (exact) mass is 527 g/mol. The van der Waals surface area contributed by atoms with Gasteiger partial charge in [-0.25, -0.2) is 0 Å². The highest BCUT2D eigenvalue weighted by Gasteiger charge is 2.43. The summed E-state index contributed by atoms with van der Waals surface area (Å²) in [6, 6.07) is 12.4. The van der Waals surface area contributed by atoms with E-state index in [1.54, 1.807) is 9.80 Å². The van der Waals surface area contributed by atoms with Gasteiger partial charge in [-0.3, -0.25) is 19.4 Å². The molecule has 2 amide bonds. The molecule has 4 heterocycles. The first-order valence-electron chi connectivity index (χ1n) is 13.8. The van der Waals surface area contributed by atoms with Crippen LogP contribution in [0.2, 0.25) is 0 Å². The number of nitrogens with zero attached hydrogens (tertiary/aromatic N) is 3. The van der Waals surface area contributed by atoms with Crippen LogP contribution in [0, 0.1) is 0 Å². The molecule has 0 aromatic heterocycles. The van der Waals surface area contributed by atoms with Crippen LogP contribution in [0.25, 0.3) is 5.57 Å². The van der Waals surface area contributed by atoms with Crippen molar-refractivity contribution in [3.63, 3.8) is 0 Å². The lowest BCUT2D eigenvalue weighted by atomic mass is 9.89. The van der Waals surface area contributed by atoms with Crippen molar-refractivity contribution in [2.24, 2.45) is 0 Å². The third-order valence-electron chi connectivity index (χ3n) is 7.99. The fourth-order valence-electron chi connectivity index (χ4n) is 5.99. The van der Waals surface area contributed by atoms with Gasteiger partial charge in [0.2, 0.25) is 0 Å². The summed E-state index contributed by atoms with van der Waals surface area (Å²) in [5, 5.41) is 0.307. The highest BCUT2D eigenvalue weighted by molar-refractivity contribution is 7.80. The van der Waals surface area contributed by atoms with Crippen molar-refractivity contribution >= 4 is 40.4 Å². The van der Waals surface area contributed by atoms with Gasteiger partial charge in [0.1, 0.15) is 17.1 Å². The smallest absolute Gasteiger partial charge is 0.269 e. The number of unbranched alkanes of at least 4 members (excludes halogenated alkanes) is 2. The van der Waals surface area contributed by atoms with Gasteiger partial charge in [-0.1, -0.05) is 57.0 Å². The number of rotatable bonds is 7. The topological polar surface area (TPSA) is 53.1 Å². The number of hydrogen-bond acceptors (Lipinski definition) is 5. The molecule has 7 heteroatoms. The molecule has 0 bridgehead atoms. The first-order chi connectivity index (χ1) is 18.5. The molecule has 6 nitrogen and oxygen atoms in total. The van der Waals surface area contributed by atoms with Gasteiger partial charge in [-0.2, -0.15) is 0 Å². The second kappa shape index (κ2) is 10.0. The Balaban J connectivity index is 1.54. The molecule has 0 atom stereocenters. The minimum atomic E-state index is -0.359. The Hall–Kier alpha value is -3.45. The predicted octanol–water partition coefficient (Wildman–Crippen LogP) is 5.24. The molecular weight excluding hydrogens is 494 g/mol. The average Bonchev–Trinajstić information content (AvgIpc) is 3.55. The Morgan fingerprint density at radius 3 is 2.24 bits per heavy atom. The van der Waals surface area contributed by atoms with E-state index in [1.807, 2.05) is 24.3 Å². The van der Waals surface area contributed by atoms with Crippen molar-refractivity contribution in [1.82, 2.24) is 9.80 Å². The summed E-state index contributed by atoms with van der Waals surface area (Å²) in [5.41, 5.74) is 6.94. The van der Waals surface area contributed by atoms with Crippen LogP contribution in [0.5, 0.6) is 5.75 Å². The largest absolute Gasteiger partial charge is 0.455 e. The number of ether oxygens (including phenoxy) is 1. The lowest BCUT2D eigenvalue weighted by molar-refractivity contribution is -0.134. The molecule has 2 aromatic carbocycles. The molecule has 0 unspecified atom stereocenters. The third-order valence-corrected chi connectivity index (χ3v) is 8.43. The quantitative estimate of drug-likeness (QED) is 0.280. The minimum absolute atomic E-state index is 0.0763. The van der Waals surface area contributed by atoms with Crippen molar-refractivity contribution < 1.29 is 14.3 Å². The van der Waals surface area contributed by atoms with E-state index in [0.29, 0.717) is 24.0 Å². The van der Waals surface area contributed by atoms with E-state index in [9.17, 15) is 9.59 Å². The molecule has 0 radical (unpaired) electrons. The second-order valence-electron chi connectivity index (χ2n) is 10.4. The van der Waals surface area contributed by atoms with Gasteiger partial charge in [-0.15, -0.1) is 0 Å². The van der Waals surface area contributed by atoms with E-state index >= 15 is 0 Å². The molecule has 0 N–H and O–H groups in total. The molecule has 196 valence electrons. The first-order valence-corrected chi connectivity index (χ1v) is 14.2. The highest BCUT2D eigenvalue weighted by atomic mass is 32.1. The van der Waals surface area contributed by atoms with Gasteiger partial charge < -0.3 is 9.64 Å². The van der Waals surface area contributed by atoms with E-state index in [2.05, 4.69) is 36.9 Å². The number of hydrogen-bond donors (Lipinski definition) is 0. The minimum Gasteiger partial charge on any atom is -0.455 e. The molecule has 0 aliphatic carbocycles. The molecule has 0 saturated carbocycles. The van der Waals surface area contributed by atoms with Crippen molar-refractivity contribution in [3.05, 3.63) is 76.1 Å². The third kappa shape index (κ3) is 3.95. The summed E-state index contributed by atoms with van der Waals surface area (Å²) in [4.78, 5) is 33.4. The molecule has 1 fully saturated rings. The summed E-state index contributed by atoms with van der Waals surface area (Å²) < 4.78 is 6.62. The van der Waals surface area contributed by atoms with Crippen LogP contribution in [-0.2, 0) is 22.4 Å². The molecule has 38 heavy (non-hydrogen) atoms. The van der Waals surface area contributed by atoms with Gasteiger partial charge in [0, 0.05) is 43.0 Å². The van der Waals surface area contributed by atoms with E-state index in [0.717, 1.165) is 74.1 Å². The van der Waals surface area contributed by atoms with Crippen LogP contribution in [0.4, 0.5) is 5.69 Å². The molecule has 1 saturated heterocycles. The molecular formula is C31H33N3O3S. The normalized spacial score (nSPS) is 18.2. The number of benzene rings is 2. The van der Waals surface area contributed by atoms with Crippen LogP contribution < -0.4 is 9.64 Å². The van der Waals surface area contributed by atoms with E-state index in [-0.39, 0.29) is 17.4 Å². The van der Waals surface area contributed by atoms with Gasteiger partial charge in [-0.05, 0) is 66.7 Å². The van der Waals surface area contributed by atoms with Gasteiger partial charge in [0.05, 0.1) is 0 Å². The zero-order valence-corrected chi connectivity index (χ0v) is 22.9. The molecule has 4 aliphatic rings. The van der Waals surface area contributed by atoms with Gasteiger partial charge in [0.15, 0.2) is 5.11 Å². The maximum Gasteiger partial charge on any atom is 0.269 e. The van der Waals surface area contributed by atoms with E-state index in [1.165, 1.54) is 16.8 Å². The van der Waals surface area contributed by atoms with E-state index < -0.39 is 0 Å². The zero-order chi connectivity index (χ0) is 26.4. The summed E-state index contributed by atoms with van der Waals surface area (Å²) in [7, 11) is 0. The average molecular weight is 528 g/mol. The Bertz CT molecular complexity index is 1360. The maximum absolute atomic E-state index is 13.9. The lowest BCUT2D eigenvalue weighted by Crippen LogP contribution is -2.57. The summed E-state index contributed by atoms with van der Waals surface area (Å²) in [5.74, 6) is 0.389. The number of anilines is 1. The van der Waals surface area contributed by atoms with Gasteiger partial charge in [0.25, 0.3) is 11.8 Å². The van der Waals surface area contributed by atoms with Crippen molar-refractivity contribution in [3.8, 4) is 5.75 Å². The highest BCUT2D eigenvalue weighted by Crippen LogP contribution is 2.49. The number of thiocarbonyl (C=S) groups is 1. The van der Waals surface area contributed by atoms with E-state index in [4.69, 9.17) is 17.0 Å². The first kappa shape index (κ1) is 24.9. The van der Waals surface area contributed by atoms with Crippen LogP contribution in [0.1, 0.15) is 61.8 Å². The molecule has 6 rings (SSSR count). The van der Waals surface area contributed by atoms with Crippen molar-refractivity contribution in [2.75, 3.05) is 31.1 Å². The number of amides is 2. The van der Waals surface area contributed by atoms with Crippen LogP contribution in [0.15, 0.2) is 53.8 Å². The van der Waals surface area contributed by atoms with Gasteiger partial charge >= 0.3 is 0 Å². The molecule has 0 spiro atoms. The number of carbonyl (C=O) groups is 2. The molecule has 2 aromatic rings. The fourth-order valence-corrected chi connectivity index (χ4v) is 6.34. The predicted molar refractivity (Wildman–Crippen MR) is 153 cm³/mol. The summed E-state index contributed by atoms with van der Waals surface area (Å²) >= 11 is 5.67. The number of fused-ring (bicyclic) bond motifs is 2. The zero-order valence-electron chi connectivity index (χ0n) is 22.1. The Morgan fingerprint density at radius 1 is 0.921 bits per heavy atom. The fraction of sp³-hybridized carbons (Fsp3) is 0.387. The summed E-state index contributed by atoms with van der Waals surface area (Å²) in [6.45, 7) is 7.13. The Kier molecular flexibility index (Phi) is 6.56. The second-order valence-corrected chi connectivity index (χ2v) is 10.8. The van der Waals surface area contributed by atoms with Crippen molar-refractivity contribution in [1.29, 1.82) is 0 Å². The summed E-state index contributed by atoms with van der Waals surface area (Å²) in [6.07, 6.45) is 7.29. The maximum atomic E-state index is 13.9. The lowest BCUT2D eigenvalue weighted by Gasteiger charge is -2.37. The Labute approximate surface area is 229 Å². The Morgan fingerprint density at radius 2 is 1.58 bits per heavy atom. The number of carbonyl (C=O) groups excluding carboxylic acids is 2. The number of allylic oxidation sites excluding steroid dienone is 1. The van der Waals surface area contributed by atoms with Crippen LogP contribution in [0.3, 0.4) is 0 Å². The molecule has 4 aliphatic heterocycles. The standard InChI is InChI=1S/C31H33N3O3S/c1-3-5-14-33-29(35)26(30(36)34(31(33)38)15-6-4-2)25-19-23(20-10-8-7-9-11-20)24-18-21-12-16-32-17-13-22(27(21)32)28(24)37-25/h7-11,18-19H,3-6,12-17H2,1-2H3. The van der Waals surface area contributed by atoms with Crippen LogP contribution >= 0.6 is 12.2 Å². The van der Waals surface area contributed by atoms with Crippen molar-refractivity contribution in [2.45, 2.75) is 52.4 Å².